The first-order valence-corrected chi connectivity index (χ1v) is 7.05. The lowest BCUT2D eigenvalue weighted by molar-refractivity contribution is -0.131. The molecule has 19 heavy (non-hydrogen) atoms. The van der Waals surface area contributed by atoms with Crippen molar-refractivity contribution in [3.05, 3.63) is 39.5 Å². The van der Waals surface area contributed by atoms with Gasteiger partial charge in [-0.25, -0.2) is 4.79 Å². The Labute approximate surface area is 125 Å². The Bertz CT molecular complexity index is 471. The van der Waals surface area contributed by atoms with E-state index in [1.54, 1.807) is 24.3 Å². The van der Waals surface area contributed by atoms with Crippen LogP contribution in [-0.4, -0.2) is 21.3 Å². The number of aromatic hydroxyl groups is 1. The molecule has 0 saturated heterocycles. The van der Waals surface area contributed by atoms with Gasteiger partial charge in [-0.15, -0.1) is 0 Å². The van der Waals surface area contributed by atoms with Gasteiger partial charge in [0.25, 0.3) is 0 Å². The normalized spacial score (nSPS) is 14.5. The number of benzene rings is 1. The fourth-order valence-corrected chi connectivity index (χ4v) is 2.29. The number of aliphatic carboxylic acids is 1. The molecule has 4 nitrogen and oxygen atoms in total. The van der Waals surface area contributed by atoms with E-state index < -0.39 is 12.1 Å². The summed E-state index contributed by atoms with van der Waals surface area (Å²) >= 11 is 2.12. The molecular formula is C14H17IO4. The number of carbonyl (C=O) groups is 1. The highest BCUT2D eigenvalue weighted by Crippen LogP contribution is 2.32. The lowest BCUT2D eigenvalue weighted by atomic mass is 9.93. The Hall–Kier alpha value is -1.08. The van der Waals surface area contributed by atoms with Gasteiger partial charge in [0.15, 0.2) is 0 Å². The second kappa shape index (κ2) is 7.49. The number of rotatable bonds is 6. The SMILES string of the molecule is C[C@H](CC/C=C/C(=O)O)[C@@H](O)c1cc(I)ccc1O. The smallest absolute Gasteiger partial charge is 0.327 e. The van der Waals surface area contributed by atoms with E-state index in [0.29, 0.717) is 18.4 Å². The van der Waals surface area contributed by atoms with E-state index in [1.165, 1.54) is 0 Å². The van der Waals surface area contributed by atoms with Gasteiger partial charge in [0.05, 0.1) is 6.10 Å². The number of carboxylic acids is 1. The monoisotopic (exact) mass is 376 g/mol. The highest BCUT2D eigenvalue weighted by atomic mass is 127. The molecule has 0 aliphatic heterocycles. The highest BCUT2D eigenvalue weighted by molar-refractivity contribution is 14.1. The van der Waals surface area contributed by atoms with Crippen molar-refractivity contribution in [2.75, 3.05) is 0 Å². The second-order valence-electron chi connectivity index (χ2n) is 4.44. The van der Waals surface area contributed by atoms with E-state index in [1.807, 2.05) is 6.92 Å². The van der Waals surface area contributed by atoms with Crippen molar-refractivity contribution in [3.63, 3.8) is 0 Å². The first-order chi connectivity index (χ1) is 8.91. The summed E-state index contributed by atoms with van der Waals surface area (Å²) in [6.45, 7) is 1.87. The molecule has 3 N–H and O–H groups in total. The van der Waals surface area contributed by atoms with Crippen LogP contribution in [0.15, 0.2) is 30.4 Å². The predicted molar refractivity (Wildman–Crippen MR) is 81.0 cm³/mol. The van der Waals surface area contributed by atoms with Gasteiger partial charge < -0.3 is 15.3 Å². The van der Waals surface area contributed by atoms with Gasteiger partial charge in [0, 0.05) is 15.2 Å². The maximum Gasteiger partial charge on any atom is 0.327 e. The number of aliphatic hydroxyl groups excluding tert-OH is 1. The largest absolute Gasteiger partial charge is 0.508 e. The number of halogens is 1. The number of aliphatic hydroxyl groups is 1. The van der Waals surface area contributed by atoms with Crippen molar-refractivity contribution in [3.8, 4) is 5.75 Å². The van der Waals surface area contributed by atoms with Gasteiger partial charge in [-0.2, -0.15) is 0 Å². The van der Waals surface area contributed by atoms with Crippen LogP contribution in [0.25, 0.3) is 0 Å². The zero-order valence-electron chi connectivity index (χ0n) is 10.6. The maximum atomic E-state index is 10.3. The third-order valence-electron chi connectivity index (χ3n) is 2.90. The standard InChI is InChI=1S/C14H17IO4/c1-9(4-2-3-5-13(17)18)14(19)11-8-10(15)6-7-12(11)16/h3,5-9,14,16,19H,2,4H2,1H3,(H,17,18)/b5-3+/t9-,14-/m1/s1. The fraction of sp³-hybridized carbons (Fsp3) is 0.357. The lowest BCUT2D eigenvalue weighted by Gasteiger charge is -2.19. The fourth-order valence-electron chi connectivity index (χ4n) is 1.77. The Morgan fingerprint density at radius 3 is 2.79 bits per heavy atom. The van der Waals surface area contributed by atoms with E-state index in [4.69, 9.17) is 5.11 Å². The van der Waals surface area contributed by atoms with Crippen LogP contribution in [0.2, 0.25) is 0 Å². The molecule has 104 valence electrons. The van der Waals surface area contributed by atoms with Crippen molar-refractivity contribution >= 4 is 28.6 Å². The van der Waals surface area contributed by atoms with E-state index in [9.17, 15) is 15.0 Å². The first-order valence-electron chi connectivity index (χ1n) is 5.97. The lowest BCUT2D eigenvalue weighted by Crippen LogP contribution is -2.09. The van der Waals surface area contributed by atoms with Crippen LogP contribution in [0.5, 0.6) is 5.75 Å². The van der Waals surface area contributed by atoms with Crippen LogP contribution < -0.4 is 0 Å². The number of allylic oxidation sites excluding steroid dienone is 1. The van der Waals surface area contributed by atoms with Crippen molar-refractivity contribution in [1.29, 1.82) is 0 Å². The van der Waals surface area contributed by atoms with Crippen LogP contribution in [0.4, 0.5) is 0 Å². The molecule has 1 rings (SSSR count). The Morgan fingerprint density at radius 1 is 1.47 bits per heavy atom. The zero-order valence-corrected chi connectivity index (χ0v) is 12.7. The van der Waals surface area contributed by atoms with E-state index in [0.717, 1.165) is 9.65 Å². The summed E-state index contributed by atoms with van der Waals surface area (Å²) in [6, 6.07) is 5.09. The molecule has 0 unspecified atom stereocenters. The Balaban J connectivity index is 2.63. The summed E-state index contributed by atoms with van der Waals surface area (Å²) < 4.78 is 0.947. The van der Waals surface area contributed by atoms with Crippen molar-refractivity contribution < 1.29 is 20.1 Å². The van der Waals surface area contributed by atoms with Crippen LogP contribution in [0.3, 0.4) is 0 Å². The number of carboxylic acid groups (broad SMARTS) is 1. The molecule has 0 saturated carbocycles. The molecule has 1 aromatic carbocycles. The molecule has 0 fully saturated rings. The third kappa shape index (κ3) is 5.20. The molecular weight excluding hydrogens is 359 g/mol. The maximum absolute atomic E-state index is 10.3. The Morgan fingerprint density at radius 2 is 2.16 bits per heavy atom. The summed E-state index contributed by atoms with van der Waals surface area (Å²) in [5.41, 5.74) is 0.515. The number of phenolic OH excluding ortho intramolecular Hbond substituents is 1. The number of phenols is 1. The van der Waals surface area contributed by atoms with Gasteiger partial charge in [0.2, 0.25) is 0 Å². The Kier molecular flexibility index (Phi) is 6.30. The van der Waals surface area contributed by atoms with Crippen molar-refractivity contribution in [2.45, 2.75) is 25.9 Å². The highest BCUT2D eigenvalue weighted by Gasteiger charge is 2.19. The summed E-state index contributed by atoms with van der Waals surface area (Å²) in [5, 5.41) is 28.4. The van der Waals surface area contributed by atoms with Crippen LogP contribution in [0.1, 0.15) is 31.4 Å². The van der Waals surface area contributed by atoms with E-state index in [2.05, 4.69) is 22.6 Å². The summed E-state index contributed by atoms with van der Waals surface area (Å²) in [4.78, 5) is 10.3. The number of hydrogen-bond donors (Lipinski definition) is 3. The minimum atomic E-state index is -0.969. The van der Waals surface area contributed by atoms with E-state index >= 15 is 0 Å². The molecule has 0 aromatic heterocycles. The molecule has 0 heterocycles. The summed E-state index contributed by atoms with van der Waals surface area (Å²) in [6.07, 6.45) is 3.14. The summed E-state index contributed by atoms with van der Waals surface area (Å²) in [7, 11) is 0. The minimum Gasteiger partial charge on any atom is -0.508 e. The van der Waals surface area contributed by atoms with E-state index in [-0.39, 0.29) is 11.7 Å². The zero-order chi connectivity index (χ0) is 14.4. The predicted octanol–water partition coefficient (Wildman–Crippen LogP) is 3.09. The van der Waals surface area contributed by atoms with Gasteiger partial charge in [-0.3, -0.25) is 0 Å². The van der Waals surface area contributed by atoms with Crippen LogP contribution in [-0.2, 0) is 4.79 Å². The topological polar surface area (TPSA) is 77.8 Å². The van der Waals surface area contributed by atoms with Crippen LogP contribution in [0, 0.1) is 9.49 Å². The summed E-state index contributed by atoms with van der Waals surface area (Å²) in [5.74, 6) is -0.952. The average molecular weight is 376 g/mol. The molecule has 1 aromatic rings. The number of hydrogen-bond acceptors (Lipinski definition) is 3. The molecule has 0 amide bonds. The van der Waals surface area contributed by atoms with Gasteiger partial charge in [0.1, 0.15) is 5.75 Å². The van der Waals surface area contributed by atoms with Gasteiger partial charge >= 0.3 is 5.97 Å². The second-order valence-corrected chi connectivity index (χ2v) is 5.69. The molecule has 5 heteroatoms. The third-order valence-corrected chi connectivity index (χ3v) is 3.57. The van der Waals surface area contributed by atoms with Gasteiger partial charge in [-0.1, -0.05) is 13.0 Å². The first kappa shape index (κ1) is 16.0. The molecule has 0 aliphatic carbocycles. The van der Waals surface area contributed by atoms with Crippen molar-refractivity contribution in [2.24, 2.45) is 5.92 Å². The molecule has 0 radical (unpaired) electrons. The van der Waals surface area contributed by atoms with Crippen molar-refractivity contribution in [1.82, 2.24) is 0 Å². The molecule has 0 bridgehead atoms. The van der Waals surface area contributed by atoms with Crippen LogP contribution >= 0.6 is 22.6 Å². The molecule has 0 spiro atoms. The minimum absolute atomic E-state index is 0.0671. The molecule has 2 atom stereocenters. The average Bonchev–Trinajstić information content (AvgIpc) is 2.36. The quantitative estimate of drug-likeness (QED) is 0.527. The van der Waals surface area contributed by atoms with Gasteiger partial charge in [-0.05, 0) is 59.5 Å². The molecule has 0 aliphatic rings.